The summed E-state index contributed by atoms with van der Waals surface area (Å²) in [4.78, 5) is 11.3. The van der Waals surface area contributed by atoms with Crippen molar-refractivity contribution in [1.82, 2.24) is 4.31 Å². The second kappa shape index (κ2) is 4.96. The molecule has 0 aliphatic carbocycles. The van der Waals surface area contributed by atoms with Crippen LogP contribution in [0.3, 0.4) is 0 Å². The highest BCUT2D eigenvalue weighted by Crippen LogP contribution is 2.34. The number of carbonyl (C=O) groups excluding carboxylic acids is 1. The second-order valence-corrected chi connectivity index (χ2v) is 7.59. The molecule has 1 aliphatic rings. The highest BCUT2D eigenvalue weighted by molar-refractivity contribution is 7.89. The average molecular weight is 315 g/mol. The molecule has 0 saturated carbocycles. The van der Waals surface area contributed by atoms with Crippen molar-refractivity contribution >= 4 is 21.6 Å². The van der Waals surface area contributed by atoms with E-state index in [-0.39, 0.29) is 29.2 Å². The number of hydrogen-bond donors (Lipinski definition) is 2. The Morgan fingerprint density at radius 3 is 2.52 bits per heavy atom. The molecule has 1 aromatic rings. The first-order valence-corrected chi connectivity index (χ1v) is 7.87. The topological polar surface area (TPSA) is 106 Å². The fourth-order valence-corrected chi connectivity index (χ4v) is 4.07. The van der Waals surface area contributed by atoms with Crippen LogP contribution in [0.25, 0.3) is 0 Å². The van der Waals surface area contributed by atoms with E-state index in [1.54, 1.807) is 6.92 Å². The highest BCUT2D eigenvalue weighted by atomic mass is 32.2. The summed E-state index contributed by atoms with van der Waals surface area (Å²) in [7, 11) is -3.83. The van der Waals surface area contributed by atoms with Crippen LogP contribution in [0.2, 0.25) is 0 Å². The number of nitrogens with two attached hydrogens (primary N) is 2. The Labute approximate surface area is 123 Å². The molecule has 8 heteroatoms. The third-order valence-corrected chi connectivity index (χ3v) is 5.75. The van der Waals surface area contributed by atoms with Crippen LogP contribution in [0.5, 0.6) is 0 Å². The van der Waals surface area contributed by atoms with E-state index in [1.165, 1.54) is 17.3 Å². The lowest BCUT2D eigenvalue weighted by Gasteiger charge is -2.21. The minimum absolute atomic E-state index is 0.0149. The summed E-state index contributed by atoms with van der Waals surface area (Å²) < 4.78 is 39.8. The van der Waals surface area contributed by atoms with Crippen LogP contribution in [-0.2, 0) is 14.8 Å². The summed E-state index contributed by atoms with van der Waals surface area (Å²) >= 11 is 0. The largest absolute Gasteiger partial charge is 0.396 e. The number of rotatable bonds is 3. The number of aryl methyl sites for hydroxylation is 1. The van der Waals surface area contributed by atoms with Gasteiger partial charge in [0, 0.05) is 13.1 Å². The van der Waals surface area contributed by atoms with E-state index in [2.05, 4.69) is 0 Å². The fraction of sp³-hybridized carbons (Fsp3) is 0.462. The number of nitrogen functional groups attached to an aromatic ring is 1. The molecule has 6 nitrogen and oxygen atoms in total. The number of anilines is 1. The first-order valence-electron chi connectivity index (χ1n) is 6.43. The highest BCUT2D eigenvalue weighted by Gasteiger charge is 2.43. The predicted octanol–water partition coefficient (Wildman–Crippen LogP) is 0.602. The van der Waals surface area contributed by atoms with Crippen molar-refractivity contribution in [1.29, 1.82) is 0 Å². The molecule has 1 unspecified atom stereocenters. The molecule has 4 N–H and O–H groups in total. The van der Waals surface area contributed by atoms with Crippen LogP contribution in [0.15, 0.2) is 17.0 Å². The van der Waals surface area contributed by atoms with E-state index < -0.39 is 27.2 Å². The first kappa shape index (κ1) is 15.7. The van der Waals surface area contributed by atoms with Crippen LogP contribution in [0.4, 0.5) is 10.1 Å². The summed E-state index contributed by atoms with van der Waals surface area (Å²) in [6.07, 6.45) is 0.358. The van der Waals surface area contributed by atoms with Crippen LogP contribution < -0.4 is 11.5 Å². The quantitative estimate of drug-likeness (QED) is 0.797. The third kappa shape index (κ3) is 2.60. The van der Waals surface area contributed by atoms with E-state index >= 15 is 0 Å². The van der Waals surface area contributed by atoms with Gasteiger partial charge < -0.3 is 11.5 Å². The van der Waals surface area contributed by atoms with Crippen molar-refractivity contribution in [3.05, 3.63) is 23.5 Å². The minimum atomic E-state index is -3.83. The molecule has 1 atom stereocenters. The molecule has 116 valence electrons. The second-order valence-electron chi connectivity index (χ2n) is 5.66. The smallest absolute Gasteiger partial charge is 0.243 e. The van der Waals surface area contributed by atoms with E-state index in [9.17, 15) is 17.6 Å². The Bertz CT molecular complexity index is 682. The molecule has 1 aromatic carbocycles. The van der Waals surface area contributed by atoms with Gasteiger partial charge in [0.1, 0.15) is 5.82 Å². The molecule has 0 spiro atoms. The summed E-state index contributed by atoms with van der Waals surface area (Å²) in [6.45, 7) is 3.29. The van der Waals surface area contributed by atoms with Crippen molar-refractivity contribution in [2.45, 2.75) is 25.2 Å². The molecule has 0 bridgehead atoms. The SMILES string of the molecule is Cc1cc(S(=O)(=O)N2CCC(C)(C(N)=O)C2)cc(N)c1F. The normalized spacial score (nSPS) is 23.4. The van der Waals surface area contributed by atoms with E-state index in [0.29, 0.717) is 6.42 Å². The lowest BCUT2D eigenvalue weighted by molar-refractivity contribution is -0.126. The van der Waals surface area contributed by atoms with Gasteiger partial charge in [-0.2, -0.15) is 4.31 Å². The lowest BCUT2D eigenvalue weighted by atomic mass is 9.89. The van der Waals surface area contributed by atoms with Crippen molar-refractivity contribution in [2.24, 2.45) is 11.1 Å². The molecule has 2 rings (SSSR count). The zero-order chi connectivity index (χ0) is 16.0. The van der Waals surface area contributed by atoms with E-state index in [1.807, 2.05) is 0 Å². The number of carbonyl (C=O) groups is 1. The summed E-state index contributed by atoms with van der Waals surface area (Å²) in [5.41, 5.74) is 9.86. The molecule has 0 aromatic heterocycles. The molecule has 1 saturated heterocycles. The molecule has 1 aliphatic heterocycles. The Morgan fingerprint density at radius 1 is 1.43 bits per heavy atom. The van der Waals surface area contributed by atoms with Gasteiger partial charge in [-0.25, -0.2) is 12.8 Å². The Kier molecular flexibility index (Phi) is 3.71. The van der Waals surface area contributed by atoms with Crippen molar-refractivity contribution < 1.29 is 17.6 Å². The third-order valence-electron chi connectivity index (χ3n) is 3.93. The standard InChI is InChI=1S/C13H18FN3O3S/c1-8-5-9(6-10(15)11(8)14)21(19,20)17-4-3-13(2,7-17)12(16)18/h5-6H,3-4,7,15H2,1-2H3,(H2,16,18). The zero-order valence-electron chi connectivity index (χ0n) is 11.9. The molecule has 1 fully saturated rings. The van der Waals surface area contributed by atoms with Gasteiger partial charge in [0.25, 0.3) is 0 Å². The Balaban J connectivity index is 2.39. The van der Waals surface area contributed by atoms with E-state index in [0.717, 1.165) is 6.07 Å². The molecule has 1 heterocycles. The number of sulfonamides is 1. The molecular weight excluding hydrogens is 297 g/mol. The summed E-state index contributed by atoms with van der Waals surface area (Å²) in [5.74, 6) is -1.16. The molecule has 1 amide bonds. The monoisotopic (exact) mass is 315 g/mol. The van der Waals surface area contributed by atoms with E-state index in [4.69, 9.17) is 11.5 Å². The van der Waals surface area contributed by atoms with Gasteiger partial charge in [-0.05, 0) is 38.0 Å². The average Bonchev–Trinajstić information content (AvgIpc) is 2.80. The Hall–Kier alpha value is -1.67. The number of hydrogen-bond acceptors (Lipinski definition) is 4. The minimum Gasteiger partial charge on any atom is -0.396 e. The van der Waals surface area contributed by atoms with Crippen LogP contribution >= 0.6 is 0 Å². The van der Waals surface area contributed by atoms with Gasteiger partial charge >= 0.3 is 0 Å². The van der Waals surface area contributed by atoms with Crippen molar-refractivity contribution in [3.8, 4) is 0 Å². The summed E-state index contributed by atoms with van der Waals surface area (Å²) in [5, 5.41) is 0. The summed E-state index contributed by atoms with van der Waals surface area (Å²) in [6, 6.07) is 2.33. The number of halogens is 1. The van der Waals surface area contributed by atoms with Crippen molar-refractivity contribution in [2.75, 3.05) is 18.8 Å². The lowest BCUT2D eigenvalue weighted by Crippen LogP contribution is -2.38. The number of primary amides is 1. The van der Waals surface area contributed by atoms with Crippen molar-refractivity contribution in [3.63, 3.8) is 0 Å². The Morgan fingerprint density at radius 2 is 2.05 bits per heavy atom. The maximum absolute atomic E-state index is 13.5. The maximum atomic E-state index is 13.5. The fourth-order valence-electron chi connectivity index (χ4n) is 2.39. The van der Waals surface area contributed by atoms with Gasteiger partial charge in [0.15, 0.2) is 0 Å². The maximum Gasteiger partial charge on any atom is 0.243 e. The van der Waals surface area contributed by atoms with Gasteiger partial charge in [0.05, 0.1) is 16.0 Å². The van der Waals surface area contributed by atoms with Crippen LogP contribution in [-0.4, -0.2) is 31.7 Å². The van der Waals surface area contributed by atoms with Gasteiger partial charge in [-0.1, -0.05) is 0 Å². The molecule has 21 heavy (non-hydrogen) atoms. The zero-order valence-corrected chi connectivity index (χ0v) is 12.7. The molecule has 0 radical (unpaired) electrons. The molecular formula is C13H18FN3O3S. The first-order chi connectivity index (χ1) is 9.58. The van der Waals surface area contributed by atoms with Gasteiger partial charge in [-0.15, -0.1) is 0 Å². The number of nitrogens with zero attached hydrogens (tertiary/aromatic N) is 1. The van der Waals surface area contributed by atoms with Crippen LogP contribution in [0, 0.1) is 18.2 Å². The predicted molar refractivity (Wildman–Crippen MR) is 76.2 cm³/mol. The number of benzene rings is 1. The number of amides is 1. The van der Waals surface area contributed by atoms with Crippen LogP contribution in [0.1, 0.15) is 18.9 Å². The van der Waals surface area contributed by atoms with Gasteiger partial charge in [-0.3, -0.25) is 4.79 Å². The van der Waals surface area contributed by atoms with Gasteiger partial charge in [0.2, 0.25) is 15.9 Å².